The second kappa shape index (κ2) is 7.49. The molecule has 3 rings (SSSR count). The smallest absolute Gasteiger partial charge is 0.245 e. The molecular weight excluding hydrogens is 328 g/mol. The minimum absolute atomic E-state index is 0.0473. The first-order valence-electron chi connectivity index (χ1n) is 7.96. The molecule has 1 aromatic heterocycles. The number of nitrogens with zero attached hydrogens (tertiary/aromatic N) is 3. The zero-order valence-corrected chi connectivity index (χ0v) is 14.0. The van der Waals surface area contributed by atoms with Gasteiger partial charge in [-0.1, -0.05) is 23.7 Å². The number of likely N-dealkylation sites (tertiary alicyclic amines) is 1. The fourth-order valence-electron chi connectivity index (χ4n) is 2.71. The number of aromatic nitrogens is 2. The van der Waals surface area contributed by atoms with Crippen LogP contribution >= 0.6 is 11.6 Å². The number of benzene rings is 1. The van der Waals surface area contributed by atoms with E-state index in [4.69, 9.17) is 11.6 Å². The molecule has 1 N–H and O–H groups in total. The van der Waals surface area contributed by atoms with Crippen molar-refractivity contribution in [1.29, 1.82) is 0 Å². The molecule has 0 saturated carbocycles. The number of carbonyl (C=O) groups excluding carboxylic acids is 2. The van der Waals surface area contributed by atoms with E-state index in [0.717, 1.165) is 18.4 Å². The molecule has 1 aromatic carbocycles. The van der Waals surface area contributed by atoms with Crippen molar-refractivity contribution >= 4 is 29.2 Å². The van der Waals surface area contributed by atoms with Crippen LogP contribution in [-0.4, -0.2) is 39.6 Å². The summed E-state index contributed by atoms with van der Waals surface area (Å²) in [5, 5.41) is 7.75. The monoisotopic (exact) mass is 346 g/mol. The maximum absolute atomic E-state index is 12.2. The van der Waals surface area contributed by atoms with Gasteiger partial charge in [0.05, 0.1) is 19.3 Å². The molecule has 1 aliphatic rings. The Morgan fingerprint density at radius 1 is 1.21 bits per heavy atom. The summed E-state index contributed by atoms with van der Waals surface area (Å²) in [5.41, 5.74) is 1.03. The van der Waals surface area contributed by atoms with Crippen LogP contribution in [0.3, 0.4) is 0 Å². The van der Waals surface area contributed by atoms with Gasteiger partial charge < -0.3 is 10.2 Å². The van der Waals surface area contributed by atoms with Gasteiger partial charge in [0.2, 0.25) is 11.8 Å². The lowest BCUT2D eigenvalue weighted by molar-refractivity contribution is -0.136. The largest absolute Gasteiger partial charge is 0.333 e. The summed E-state index contributed by atoms with van der Waals surface area (Å²) in [6.45, 7) is 1.27. The van der Waals surface area contributed by atoms with Crippen molar-refractivity contribution in [2.45, 2.75) is 25.8 Å². The number of piperidine rings is 1. The Balaban J connectivity index is 1.61. The minimum atomic E-state index is -0.205. The summed E-state index contributed by atoms with van der Waals surface area (Å²) in [7, 11) is 0. The summed E-state index contributed by atoms with van der Waals surface area (Å²) in [6.07, 6.45) is 4.03. The van der Waals surface area contributed by atoms with E-state index in [1.54, 1.807) is 21.8 Å². The van der Waals surface area contributed by atoms with Crippen molar-refractivity contribution < 1.29 is 9.59 Å². The molecule has 126 valence electrons. The molecule has 0 radical (unpaired) electrons. The molecule has 6 nitrogen and oxygen atoms in total. The second-order valence-electron chi connectivity index (χ2n) is 5.82. The molecule has 2 aromatic rings. The quantitative estimate of drug-likeness (QED) is 0.904. The first-order valence-corrected chi connectivity index (χ1v) is 8.33. The van der Waals surface area contributed by atoms with Gasteiger partial charge in [-0.2, -0.15) is 5.10 Å². The Kier molecular flexibility index (Phi) is 5.15. The normalized spacial score (nSPS) is 14.7. The first-order chi connectivity index (χ1) is 11.6. The highest BCUT2D eigenvalue weighted by Crippen LogP contribution is 2.14. The molecule has 7 heteroatoms. The van der Waals surface area contributed by atoms with Gasteiger partial charge in [-0.25, -0.2) is 4.68 Å². The molecule has 0 spiro atoms. The van der Waals surface area contributed by atoms with Gasteiger partial charge in [-0.05, 0) is 30.5 Å². The maximum atomic E-state index is 12.2. The first kappa shape index (κ1) is 16.5. The van der Waals surface area contributed by atoms with Gasteiger partial charge in [-0.15, -0.1) is 0 Å². The molecule has 2 amide bonds. The van der Waals surface area contributed by atoms with Crippen molar-refractivity contribution in [2.75, 3.05) is 18.4 Å². The van der Waals surface area contributed by atoms with Crippen LogP contribution < -0.4 is 5.32 Å². The molecule has 0 bridgehead atoms. The molecule has 1 fully saturated rings. The number of hydrogen-bond donors (Lipinski definition) is 1. The minimum Gasteiger partial charge on any atom is -0.333 e. The van der Waals surface area contributed by atoms with Crippen molar-refractivity contribution in [2.24, 2.45) is 0 Å². The Hall–Kier alpha value is -2.34. The summed E-state index contributed by atoms with van der Waals surface area (Å²) < 4.78 is 1.71. The van der Waals surface area contributed by atoms with Crippen molar-refractivity contribution in [3.8, 4) is 0 Å². The van der Waals surface area contributed by atoms with E-state index in [1.807, 2.05) is 24.3 Å². The average Bonchev–Trinajstić information content (AvgIpc) is 2.98. The molecular formula is C17H19ClN4O2. The lowest BCUT2D eigenvalue weighted by atomic mass is 10.1. The standard InChI is InChI=1S/C17H19ClN4O2/c18-14-6-4-13(5-7-14)11-22-15(8-9-19-22)20-16(23)12-21-10-2-1-3-17(21)24/h4-9H,1-3,10-12H2,(H,20,23). The SMILES string of the molecule is O=C(CN1CCCCC1=O)Nc1ccnn1Cc1ccc(Cl)cc1. The van der Waals surface area contributed by atoms with Gasteiger partial charge in [0, 0.05) is 24.1 Å². The Labute approximate surface area is 145 Å². The fraction of sp³-hybridized carbons (Fsp3) is 0.353. The van der Waals surface area contributed by atoms with Gasteiger partial charge in [0.25, 0.3) is 0 Å². The lowest BCUT2D eigenvalue weighted by Crippen LogP contribution is -2.41. The number of anilines is 1. The molecule has 0 atom stereocenters. The number of amides is 2. The van der Waals surface area contributed by atoms with Crippen LogP contribution in [0.5, 0.6) is 0 Å². The topological polar surface area (TPSA) is 67.2 Å². The van der Waals surface area contributed by atoms with Gasteiger partial charge in [0.1, 0.15) is 5.82 Å². The van der Waals surface area contributed by atoms with Crippen LogP contribution in [0.25, 0.3) is 0 Å². The number of nitrogens with one attached hydrogen (secondary N) is 1. The third-order valence-electron chi connectivity index (χ3n) is 3.99. The number of hydrogen-bond acceptors (Lipinski definition) is 3. The van der Waals surface area contributed by atoms with E-state index < -0.39 is 0 Å². The third-order valence-corrected chi connectivity index (χ3v) is 4.24. The van der Waals surface area contributed by atoms with Crippen molar-refractivity contribution in [1.82, 2.24) is 14.7 Å². The van der Waals surface area contributed by atoms with Crippen LogP contribution in [-0.2, 0) is 16.1 Å². The summed E-state index contributed by atoms with van der Waals surface area (Å²) in [4.78, 5) is 25.6. The van der Waals surface area contributed by atoms with Crippen molar-refractivity contribution in [3.05, 3.63) is 47.1 Å². The highest BCUT2D eigenvalue weighted by molar-refractivity contribution is 6.30. The molecule has 1 aliphatic heterocycles. The Morgan fingerprint density at radius 3 is 2.75 bits per heavy atom. The molecule has 24 heavy (non-hydrogen) atoms. The predicted octanol–water partition coefficient (Wildman–Crippen LogP) is 2.54. The second-order valence-corrected chi connectivity index (χ2v) is 6.26. The number of halogens is 1. The molecule has 1 saturated heterocycles. The van der Waals surface area contributed by atoms with E-state index in [1.165, 1.54) is 0 Å². The van der Waals surface area contributed by atoms with Gasteiger partial charge >= 0.3 is 0 Å². The van der Waals surface area contributed by atoms with Crippen molar-refractivity contribution in [3.63, 3.8) is 0 Å². The lowest BCUT2D eigenvalue weighted by Gasteiger charge is -2.25. The van der Waals surface area contributed by atoms with E-state index in [2.05, 4.69) is 10.4 Å². The van der Waals surface area contributed by atoms with Crippen LogP contribution in [0.4, 0.5) is 5.82 Å². The Morgan fingerprint density at radius 2 is 2.00 bits per heavy atom. The van der Waals surface area contributed by atoms with E-state index >= 15 is 0 Å². The van der Waals surface area contributed by atoms with E-state index in [0.29, 0.717) is 30.4 Å². The highest BCUT2D eigenvalue weighted by Gasteiger charge is 2.20. The summed E-state index contributed by atoms with van der Waals surface area (Å²) in [5.74, 6) is 0.452. The fourth-order valence-corrected chi connectivity index (χ4v) is 2.84. The predicted molar refractivity (Wildman–Crippen MR) is 91.8 cm³/mol. The third kappa shape index (κ3) is 4.14. The average molecular weight is 347 g/mol. The van der Waals surface area contributed by atoms with E-state index in [9.17, 15) is 9.59 Å². The zero-order valence-electron chi connectivity index (χ0n) is 13.2. The van der Waals surface area contributed by atoms with Crippen LogP contribution in [0.2, 0.25) is 5.02 Å². The summed E-state index contributed by atoms with van der Waals surface area (Å²) in [6, 6.07) is 9.22. The van der Waals surface area contributed by atoms with Crippen LogP contribution in [0.1, 0.15) is 24.8 Å². The number of rotatable bonds is 5. The maximum Gasteiger partial charge on any atom is 0.245 e. The molecule has 2 heterocycles. The molecule has 0 aliphatic carbocycles. The van der Waals surface area contributed by atoms with Crippen LogP contribution in [0, 0.1) is 0 Å². The number of carbonyl (C=O) groups is 2. The van der Waals surface area contributed by atoms with E-state index in [-0.39, 0.29) is 18.4 Å². The highest BCUT2D eigenvalue weighted by atomic mass is 35.5. The van der Waals surface area contributed by atoms with Crippen LogP contribution in [0.15, 0.2) is 36.5 Å². The van der Waals surface area contributed by atoms with Gasteiger partial charge in [-0.3, -0.25) is 9.59 Å². The molecule has 0 unspecified atom stereocenters. The Bertz CT molecular complexity index is 726. The zero-order chi connectivity index (χ0) is 16.9. The van der Waals surface area contributed by atoms with Gasteiger partial charge in [0.15, 0.2) is 0 Å². The summed E-state index contributed by atoms with van der Waals surface area (Å²) >= 11 is 5.89.